The Morgan fingerprint density at radius 2 is 1.56 bits per heavy atom. The molecule has 0 aliphatic heterocycles. The number of likely N-dealkylation sites (N-methyl/N-ethyl adjacent to an activating group) is 1. The molecule has 0 saturated carbocycles. The van der Waals surface area contributed by atoms with Crippen LogP contribution in [-0.2, 0) is 26.2 Å². The topological polar surface area (TPSA) is 96.0 Å². The Hall–Kier alpha value is -3.27. The van der Waals surface area contributed by atoms with E-state index < -0.39 is 34.4 Å². The molecule has 0 aliphatic carbocycles. The van der Waals surface area contributed by atoms with Gasteiger partial charge in [-0.2, -0.15) is 0 Å². The summed E-state index contributed by atoms with van der Waals surface area (Å²) >= 11 is 12.7. The third-order valence-electron chi connectivity index (χ3n) is 6.13. The van der Waals surface area contributed by atoms with Crippen molar-refractivity contribution in [3.63, 3.8) is 0 Å². The van der Waals surface area contributed by atoms with Crippen LogP contribution in [0.15, 0.2) is 71.6 Å². The molecule has 8 nitrogen and oxygen atoms in total. The van der Waals surface area contributed by atoms with Crippen molar-refractivity contribution in [3.8, 4) is 5.75 Å². The van der Waals surface area contributed by atoms with Crippen LogP contribution in [0.2, 0.25) is 10.0 Å². The number of nitrogens with zero attached hydrogens (tertiary/aromatic N) is 2. The van der Waals surface area contributed by atoms with E-state index in [1.165, 1.54) is 24.1 Å². The molecule has 0 radical (unpaired) electrons. The van der Waals surface area contributed by atoms with Crippen molar-refractivity contribution in [1.29, 1.82) is 0 Å². The van der Waals surface area contributed by atoms with E-state index in [-0.39, 0.29) is 11.4 Å². The minimum absolute atomic E-state index is 0.0145. The highest BCUT2D eigenvalue weighted by atomic mass is 35.5. The molecule has 1 N–H and O–H groups in total. The lowest BCUT2D eigenvalue weighted by molar-refractivity contribution is -0.139. The zero-order chi connectivity index (χ0) is 28.7. The van der Waals surface area contributed by atoms with Gasteiger partial charge < -0.3 is 15.0 Å². The minimum Gasteiger partial charge on any atom is -0.494 e. The molecule has 0 bridgehead atoms. The van der Waals surface area contributed by atoms with E-state index in [9.17, 15) is 18.0 Å². The molecule has 0 spiro atoms. The van der Waals surface area contributed by atoms with Crippen molar-refractivity contribution < 1.29 is 22.7 Å². The average molecular weight is 593 g/mol. The van der Waals surface area contributed by atoms with Crippen LogP contribution < -0.4 is 14.4 Å². The maximum absolute atomic E-state index is 13.9. The van der Waals surface area contributed by atoms with E-state index in [4.69, 9.17) is 27.9 Å². The maximum atomic E-state index is 13.9. The molecular formula is C28H31Cl2N3O5S. The van der Waals surface area contributed by atoms with Crippen LogP contribution in [0.4, 0.5) is 5.69 Å². The van der Waals surface area contributed by atoms with Gasteiger partial charge in [0.2, 0.25) is 11.8 Å². The molecule has 39 heavy (non-hydrogen) atoms. The Kier molecular flexibility index (Phi) is 10.2. The van der Waals surface area contributed by atoms with Crippen LogP contribution in [0.5, 0.6) is 5.75 Å². The van der Waals surface area contributed by atoms with Crippen molar-refractivity contribution in [2.75, 3.05) is 24.5 Å². The largest absolute Gasteiger partial charge is 0.494 e. The summed E-state index contributed by atoms with van der Waals surface area (Å²) in [6, 6.07) is 16.8. The number of aryl methyl sites for hydroxylation is 1. The van der Waals surface area contributed by atoms with Crippen LogP contribution in [-0.4, -0.2) is 51.4 Å². The summed E-state index contributed by atoms with van der Waals surface area (Å²) in [5, 5.41) is 3.18. The molecule has 3 rings (SSSR count). The molecule has 2 amide bonds. The smallest absolute Gasteiger partial charge is 0.264 e. The standard InChI is InChI=1S/C28H31Cl2N3O5S/c1-5-38-22-13-15-23(16-14-22)39(36,37)33(21-11-9-19(2)10-12-21)18-27(34)32(20(3)28(35)31-4)17-24-25(29)7-6-8-26(24)30/h6-16,20H,5,17-18H2,1-4H3,(H,31,35). The Morgan fingerprint density at radius 3 is 2.10 bits per heavy atom. The summed E-state index contributed by atoms with van der Waals surface area (Å²) in [5.41, 5.74) is 1.67. The Morgan fingerprint density at radius 1 is 0.974 bits per heavy atom. The lowest BCUT2D eigenvalue weighted by Crippen LogP contribution is -2.50. The van der Waals surface area contributed by atoms with Gasteiger partial charge >= 0.3 is 0 Å². The molecule has 3 aromatic carbocycles. The first kappa shape index (κ1) is 30.3. The Balaban J connectivity index is 2.05. The molecule has 0 fully saturated rings. The number of ether oxygens (including phenoxy) is 1. The summed E-state index contributed by atoms with van der Waals surface area (Å²) in [7, 11) is -2.73. The fourth-order valence-corrected chi connectivity index (χ4v) is 5.82. The predicted molar refractivity (Wildman–Crippen MR) is 154 cm³/mol. The quantitative estimate of drug-likeness (QED) is 0.336. The normalized spacial score (nSPS) is 11.9. The predicted octanol–water partition coefficient (Wildman–Crippen LogP) is 5.06. The van der Waals surface area contributed by atoms with Crippen LogP contribution in [0.25, 0.3) is 0 Å². The fraction of sp³-hybridized carbons (Fsp3) is 0.286. The summed E-state index contributed by atoms with van der Waals surface area (Å²) in [4.78, 5) is 27.7. The van der Waals surface area contributed by atoms with Gasteiger partial charge in [-0.05, 0) is 69.3 Å². The molecule has 0 aliphatic rings. The summed E-state index contributed by atoms with van der Waals surface area (Å²) in [5.74, 6) is -0.517. The van der Waals surface area contributed by atoms with Gasteiger partial charge in [0.1, 0.15) is 18.3 Å². The molecule has 1 atom stereocenters. The van der Waals surface area contributed by atoms with Crippen molar-refractivity contribution in [2.45, 2.75) is 38.3 Å². The highest BCUT2D eigenvalue weighted by Gasteiger charge is 2.33. The van der Waals surface area contributed by atoms with E-state index >= 15 is 0 Å². The number of halogens is 2. The number of hydrogen-bond acceptors (Lipinski definition) is 5. The summed E-state index contributed by atoms with van der Waals surface area (Å²) in [6.45, 7) is 5.03. The third-order valence-corrected chi connectivity index (χ3v) is 8.62. The number of amides is 2. The molecular weight excluding hydrogens is 561 g/mol. The van der Waals surface area contributed by atoms with Crippen molar-refractivity contribution >= 4 is 50.7 Å². The molecule has 1 unspecified atom stereocenters. The number of anilines is 1. The number of carbonyl (C=O) groups excluding carboxylic acids is 2. The first-order valence-electron chi connectivity index (χ1n) is 12.3. The first-order valence-corrected chi connectivity index (χ1v) is 14.4. The van der Waals surface area contributed by atoms with Gasteiger partial charge in [0.05, 0.1) is 17.2 Å². The van der Waals surface area contributed by atoms with E-state index in [1.54, 1.807) is 61.5 Å². The molecule has 3 aromatic rings. The fourth-order valence-electron chi connectivity index (χ4n) is 3.89. The minimum atomic E-state index is -4.19. The molecule has 0 saturated heterocycles. The first-order chi connectivity index (χ1) is 18.5. The van der Waals surface area contributed by atoms with Gasteiger partial charge in [-0.25, -0.2) is 8.42 Å². The highest BCUT2D eigenvalue weighted by molar-refractivity contribution is 7.92. The molecule has 0 aromatic heterocycles. The second-order valence-electron chi connectivity index (χ2n) is 8.76. The van der Waals surface area contributed by atoms with Gasteiger partial charge in [-0.1, -0.05) is 47.0 Å². The van der Waals surface area contributed by atoms with Gasteiger partial charge in [0.25, 0.3) is 10.0 Å². The number of nitrogens with one attached hydrogen (secondary N) is 1. The molecule has 208 valence electrons. The zero-order valence-electron chi connectivity index (χ0n) is 22.1. The second kappa shape index (κ2) is 13.2. The highest BCUT2D eigenvalue weighted by Crippen LogP contribution is 2.29. The van der Waals surface area contributed by atoms with Gasteiger partial charge in [0.15, 0.2) is 0 Å². The van der Waals surface area contributed by atoms with E-state index in [0.29, 0.717) is 33.7 Å². The van der Waals surface area contributed by atoms with Crippen molar-refractivity contribution in [2.24, 2.45) is 0 Å². The maximum Gasteiger partial charge on any atom is 0.264 e. The monoisotopic (exact) mass is 591 g/mol. The molecule has 0 heterocycles. The van der Waals surface area contributed by atoms with Gasteiger partial charge in [-0.3, -0.25) is 13.9 Å². The third kappa shape index (κ3) is 7.23. The second-order valence-corrected chi connectivity index (χ2v) is 11.4. The SMILES string of the molecule is CCOc1ccc(S(=O)(=O)N(CC(=O)N(Cc2c(Cl)cccc2Cl)C(C)C(=O)NC)c2ccc(C)cc2)cc1. The Bertz CT molecular complexity index is 1390. The van der Waals surface area contributed by atoms with Crippen LogP contribution in [0.1, 0.15) is 25.0 Å². The van der Waals surface area contributed by atoms with Gasteiger partial charge in [0, 0.05) is 29.2 Å². The lowest BCUT2D eigenvalue weighted by atomic mass is 10.1. The summed E-state index contributed by atoms with van der Waals surface area (Å²) < 4.78 is 34.2. The Labute approximate surface area is 239 Å². The number of sulfonamides is 1. The summed E-state index contributed by atoms with van der Waals surface area (Å²) in [6.07, 6.45) is 0. The van der Waals surface area contributed by atoms with E-state index in [1.807, 2.05) is 13.8 Å². The molecule has 11 heteroatoms. The number of benzene rings is 3. The zero-order valence-corrected chi connectivity index (χ0v) is 24.5. The number of hydrogen-bond donors (Lipinski definition) is 1. The number of rotatable bonds is 11. The lowest BCUT2D eigenvalue weighted by Gasteiger charge is -2.32. The average Bonchev–Trinajstić information content (AvgIpc) is 2.91. The van der Waals surface area contributed by atoms with Crippen molar-refractivity contribution in [3.05, 3.63) is 87.9 Å². The van der Waals surface area contributed by atoms with E-state index in [0.717, 1.165) is 9.87 Å². The van der Waals surface area contributed by atoms with Crippen LogP contribution in [0, 0.1) is 6.92 Å². The van der Waals surface area contributed by atoms with Crippen molar-refractivity contribution in [1.82, 2.24) is 10.2 Å². The van der Waals surface area contributed by atoms with Gasteiger partial charge in [-0.15, -0.1) is 0 Å². The number of carbonyl (C=O) groups is 2. The van der Waals surface area contributed by atoms with E-state index in [2.05, 4.69) is 5.32 Å². The van der Waals surface area contributed by atoms with Crippen LogP contribution in [0.3, 0.4) is 0 Å². The van der Waals surface area contributed by atoms with Crippen LogP contribution >= 0.6 is 23.2 Å².